The van der Waals surface area contributed by atoms with Crippen molar-refractivity contribution in [2.24, 2.45) is 5.14 Å². The Morgan fingerprint density at radius 2 is 1.32 bits per heavy atom. The molecule has 3 aliphatic rings. The lowest BCUT2D eigenvalue weighted by molar-refractivity contribution is 0.0980. The number of rotatable bonds is 4. The van der Waals surface area contributed by atoms with Gasteiger partial charge in [0, 0.05) is 49.0 Å². The van der Waals surface area contributed by atoms with E-state index in [2.05, 4.69) is 20.3 Å². The summed E-state index contributed by atoms with van der Waals surface area (Å²) in [7, 11) is -2.62. The van der Waals surface area contributed by atoms with E-state index in [1.54, 1.807) is 24.3 Å². The average molecular weight is 562 g/mol. The number of anilines is 4. The average Bonchev–Trinajstić information content (AvgIpc) is 2.97. The van der Waals surface area contributed by atoms with Gasteiger partial charge in [0.2, 0.25) is 0 Å². The first-order valence-corrected chi connectivity index (χ1v) is 14.9. The minimum atomic E-state index is -2.62. The maximum Gasteiger partial charge on any atom is 0.198 e. The van der Waals surface area contributed by atoms with E-state index in [0.29, 0.717) is 39.7 Å². The summed E-state index contributed by atoms with van der Waals surface area (Å²) in [5, 5.41) is 7.48. The molecule has 0 unspecified atom stereocenters. The highest BCUT2D eigenvalue weighted by atomic mass is 32.2. The summed E-state index contributed by atoms with van der Waals surface area (Å²) in [6.07, 6.45) is 6.60. The van der Waals surface area contributed by atoms with Crippen LogP contribution in [0, 0.1) is 0 Å². The first-order chi connectivity index (χ1) is 19.3. The van der Waals surface area contributed by atoms with Gasteiger partial charge in [-0.1, -0.05) is 61.7 Å². The van der Waals surface area contributed by atoms with Gasteiger partial charge in [-0.05, 0) is 31.0 Å². The van der Waals surface area contributed by atoms with Gasteiger partial charge in [-0.2, -0.15) is 0 Å². The van der Waals surface area contributed by atoms with Crippen LogP contribution < -0.4 is 21.1 Å². The molecule has 6 rings (SSSR count). The molecule has 1 saturated heterocycles. The van der Waals surface area contributed by atoms with Crippen LogP contribution in [0.4, 0.5) is 22.7 Å². The van der Waals surface area contributed by atoms with Crippen molar-refractivity contribution >= 4 is 45.2 Å². The molecule has 0 spiro atoms. The standard InChI is InChI=1S/C30H32N4O2.H3NO2S/c31-28-25(34-17-15-33(16-18-34)21-11-5-2-6-12-21)19-24(32-20-9-3-1-4-10-20)26-27(28)30(36)23-14-8-7-13-22(23)29(26)35;1-4(2)3/h1,3-4,7-10,13-14,19,21,32H,2,5-6,11-12,15-18,31H2;4H,(H2,1,2,3). The van der Waals surface area contributed by atoms with Gasteiger partial charge in [-0.15, -0.1) is 0 Å². The molecule has 3 aromatic rings. The number of benzene rings is 3. The third-order valence-corrected chi connectivity index (χ3v) is 8.01. The molecule has 0 bridgehead atoms. The number of piperazine rings is 1. The van der Waals surface area contributed by atoms with Crippen molar-refractivity contribution in [3.63, 3.8) is 0 Å². The molecule has 10 heteroatoms. The summed E-state index contributed by atoms with van der Waals surface area (Å²) >= 11 is 0. The van der Waals surface area contributed by atoms with E-state index in [4.69, 9.17) is 14.2 Å². The van der Waals surface area contributed by atoms with Crippen molar-refractivity contribution in [2.45, 2.75) is 38.1 Å². The number of nitrogens with zero attached hydrogens (tertiary/aromatic N) is 2. The van der Waals surface area contributed by atoms with Crippen molar-refractivity contribution in [3.8, 4) is 0 Å². The molecule has 0 aromatic heterocycles. The Morgan fingerprint density at radius 1 is 0.775 bits per heavy atom. The predicted octanol–water partition coefficient (Wildman–Crippen LogP) is 3.71. The number of carbonyl (C=O) groups excluding carboxylic acids is 2. The number of nitrogens with one attached hydrogen (secondary N) is 1. The molecule has 1 aliphatic heterocycles. The molecule has 2 fully saturated rings. The summed E-state index contributed by atoms with van der Waals surface area (Å²) in [4.78, 5) is 32.2. The molecule has 1 heterocycles. The van der Waals surface area contributed by atoms with Crippen molar-refractivity contribution in [2.75, 3.05) is 42.1 Å². The van der Waals surface area contributed by atoms with Crippen LogP contribution in [0.15, 0.2) is 60.7 Å². The minimum absolute atomic E-state index is 0.168. The highest BCUT2D eigenvalue weighted by Crippen LogP contribution is 2.42. The van der Waals surface area contributed by atoms with Crippen molar-refractivity contribution in [1.82, 2.24) is 4.90 Å². The van der Waals surface area contributed by atoms with E-state index in [-0.39, 0.29) is 11.6 Å². The number of hydrogen-bond acceptors (Lipinski definition) is 8. The van der Waals surface area contributed by atoms with Crippen LogP contribution >= 0.6 is 0 Å². The van der Waals surface area contributed by atoms with Crippen LogP contribution in [0.5, 0.6) is 0 Å². The van der Waals surface area contributed by atoms with E-state index in [1.807, 2.05) is 36.4 Å². The summed E-state index contributed by atoms with van der Waals surface area (Å²) in [5.74, 6) is -0.351. The first kappa shape index (κ1) is 27.8. The summed E-state index contributed by atoms with van der Waals surface area (Å²) in [6.45, 7) is 3.67. The van der Waals surface area contributed by atoms with Crippen LogP contribution in [-0.4, -0.2) is 57.1 Å². The molecule has 40 heavy (non-hydrogen) atoms. The van der Waals surface area contributed by atoms with Crippen molar-refractivity contribution in [1.29, 1.82) is 0 Å². The first-order valence-electron chi connectivity index (χ1n) is 13.7. The van der Waals surface area contributed by atoms with Gasteiger partial charge in [0.25, 0.3) is 0 Å². The summed E-state index contributed by atoms with van der Waals surface area (Å²) in [5.41, 5.74) is 11.0. The number of nitrogen functional groups attached to an aromatic ring is 1. The number of nitrogens with two attached hydrogens (primary N) is 2. The van der Waals surface area contributed by atoms with Crippen LogP contribution in [0.25, 0.3) is 0 Å². The van der Waals surface area contributed by atoms with Crippen molar-refractivity contribution in [3.05, 3.63) is 82.9 Å². The predicted molar refractivity (Wildman–Crippen MR) is 159 cm³/mol. The molecule has 5 N–H and O–H groups in total. The molecular formula is C30H35N5O4S. The molecule has 9 nitrogen and oxygen atoms in total. The molecule has 3 aromatic carbocycles. The zero-order valence-electron chi connectivity index (χ0n) is 22.3. The fraction of sp³-hybridized carbons (Fsp3) is 0.333. The zero-order valence-corrected chi connectivity index (χ0v) is 23.2. The monoisotopic (exact) mass is 561 g/mol. The Morgan fingerprint density at radius 3 is 1.93 bits per heavy atom. The highest BCUT2D eigenvalue weighted by molar-refractivity contribution is 7.69. The molecule has 1 saturated carbocycles. The van der Waals surface area contributed by atoms with E-state index in [9.17, 15) is 9.59 Å². The Hall–Kier alpha value is -3.73. The van der Waals surface area contributed by atoms with Gasteiger partial charge in [0.1, 0.15) is 0 Å². The molecule has 2 aliphatic carbocycles. The highest BCUT2D eigenvalue weighted by Gasteiger charge is 2.36. The minimum Gasteiger partial charge on any atom is -0.396 e. The van der Waals surface area contributed by atoms with Gasteiger partial charge in [0.05, 0.1) is 28.2 Å². The van der Waals surface area contributed by atoms with Gasteiger partial charge in [-0.25, -0.2) is 13.6 Å². The third kappa shape index (κ3) is 5.74. The Balaban J connectivity index is 0.000000758. The number of hydrogen-bond donors (Lipinski definition) is 4. The number of carbonyl (C=O) groups is 2. The van der Waals surface area contributed by atoms with E-state index in [1.165, 1.54) is 32.1 Å². The summed E-state index contributed by atoms with van der Waals surface area (Å²) in [6, 6.07) is 19.4. The molecule has 0 radical (unpaired) electrons. The second-order valence-corrected chi connectivity index (χ2v) is 11.0. The Bertz CT molecular complexity index is 1470. The number of ketones is 2. The quantitative estimate of drug-likeness (QED) is 0.218. The van der Waals surface area contributed by atoms with Gasteiger partial charge >= 0.3 is 0 Å². The van der Waals surface area contributed by atoms with Crippen molar-refractivity contribution < 1.29 is 18.0 Å². The second-order valence-electron chi connectivity index (χ2n) is 10.4. The zero-order chi connectivity index (χ0) is 28.2. The van der Waals surface area contributed by atoms with Crippen LogP contribution in [-0.2, 0) is 10.9 Å². The number of thiol groups is 1. The van der Waals surface area contributed by atoms with E-state index < -0.39 is 10.9 Å². The number of fused-ring (bicyclic) bond motifs is 2. The molecule has 0 atom stereocenters. The van der Waals surface area contributed by atoms with Gasteiger partial charge < -0.3 is 16.0 Å². The lowest BCUT2D eigenvalue weighted by atomic mass is 9.81. The molecule has 210 valence electrons. The Kier molecular flexibility index (Phi) is 8.49. The van der Waals surface area contributed by atoms with Crippen LogP contribution in [0.3, 0.4) is 0 Å². The lowest BCUT2D eigenvalue weighted by Gasteiger charge is -2.42. The van der Waals surface area contributed by atoms with Gasteiger partial charge in [-0.3, -0.25) is 14.5 Å². The Labute approximate surface area is 236 Å². The summed E-state index contributed by atoms with van der Waals surface area (Å²) < 4.78 is 17.6. The van der Waals surface area contributed by atoms with Gasteiger partial charge in [0.15, 0.2) is 22.5 Å². The molecule has 0 amide bonds. The maximum absolute atomic E-state index is 13.7. The smallest absolute Gasteiger partial charge is 0.198 e. The van der Waals surface area contributed by atoms with E-state index >= 15 is 0 Å². The SMILES string of the molecule is N[SH](=O)=O.Nc1c(N2CCN(C3CCCCC3)CC2)cc(Nc2ccccc2)c2c1C(=O)c1ccccc1C2=O. The topological polar surface area (TPSA) is 139 Å². The number of para-hydroxylation sites is 1. The van der Waals surface area contributed by atoms with E-state index in [0.717, 1.165) is 37.6 Å². The normalized spacial score (nSPS) is 17.6. The largest absolute Gasteiger partial charge is 0.396 e. The van der Waals surface area contributed by atoms with Crippen LogP contribution in [0.2, 0.25) is 0 Å². The van der Waals surface area contributed by atoms with Crippen LogP contribution in [0.1, 0.15) is 63.9 Å². The maximum atomic E-state index is 13.7. The fourth-order valence-corrected chi connectivity index (χ4v) is 6.12. The lowest BCUT2D eigenvalue weighted by Crippen LogP contribution is -2.51. The third-order valence-electron chi connectivity index (χ3n) is 8.01. The molecular weight excluding hydrogens is 526 g/mol. The second kappa shape index (κ2) is 12.2. The fourth-order valence-electron chi connectivity index (χ4n) is 6.12.